The summed E-state index contributed by atoms with van der Waals surface area (Å²) in [6.45, 7) is 2.76. The fourth-order valence-corrected chi connectivity index (χ4v) is 5.06. The highest BCUT2D eigenvalue weighted by Crippen LogP contribution is 2.16. The van der Waals surface area contributed by atoms with E-state index in [1.54, 1.807) is 0 Å². The summed E-state index contributed by atoms with van der Waals surface area (Å²) in [6, 6.07) is 0. The number of likely N-dealkylation sites (N-methyl/N-ethyl adjacent to an activating group) is 1. The Morgan fingerprint density at radius 2 is 0.919 bits per heavy atom. The van der Waals surface area contributed by atoms with Crippen molar-refractivity contribution in [1.29, 1.82) is 0 Å². The minimum absolute atomic E-state index is 0.235. The zero-order chi connectivity index (χ0) is 27.6. The van der Waals surface area contributed by atoms with Crippen LogP contribution in [-0.4, -0.2) is 50.2 Å². The molecule has 0 rings (SSSR count). The third kappa shape index (κ3) is 29.3. The van der Waals surface area contributed by atoms with Crippen molar-refractivity contribution in [3.63, 3.8) is 0 Å². The molecule has 0 bridgehead atoms. The van der Waals surface area contributed by atoms with Gasteiger partial charge in [-0.25, -0.2) is 0 Å². The maximum atomic E-state index is 12.1. The average molecular weight is 526 g/mol. The number of carbonyl (C=O) groups excluding carboxylic acids is 2. The van der Waals surface area contributed by atoms with Gasteiger partial charge < -0.3 is 19.1 Å². The lowest BCUT2D eigenvalue weighted by Crippen LogP contribution is -2.45. The lowest BCUT2D eigenvalue weighted by atomic mass is 10.0. The van der Waals surface area contributed by atoms with E-state index in [1.165, 1.54) is 122 Å². The van der Waals surface area contributed by atoms with Gasteiger partial charge in [0.15, 0.2) is 6.10 Å². The summed E-state index contributed by atoms with van der Waals surface area (Å²) in [5.74, 6) is -1.46. The lowest BCUT2D eigenvalue weighted by molar-refractivity contribution is -0.873. The molecule has 0 fully saturated rings. The van der Waals surface area contributed by atoms with Gasteiger partial charge >= 0.3 is 5.97 Å². The molecule has 1 unspecified atom stereocenters. The van der Waals surface area contributed by atoms with Crippen LogP contribution in [0, 0.1) is 0 Å². The van der Waals surface area contributed by atoms with Gasteiger partial charge in [0.2, 0.25) is 0 Å². The zero-order valence-electron chi connectivity index (χ0n) is 25.3. The molecule has 0 N–H and O–H groups in total. The van der Waals surface area contributed by atoms with Gasteiger partial charge in [-0.3, -0.25) is 4.79 Å². The van der Waals surface area contributed by atoms with E-state index in [4.69, 9.17) is 4.74 Å². The molecule has 0 aliphatic carbocycles. The number of unbranched alkanes of at least 4 members (excludes halogenated alkanes) is 21. The lowest BCUT2D eigenvalue weighted by Gasteiger charge is -2.29. The van der Waals surface area contributed by atoms with E-state index in [2.05, 4.69) is 6.92 Å². The molecule has 0 radical (unpaired) electrons. The van der Waals surface area contributed by atoms with Gasteiger partial charge in [-0.15, -0.1) is 0 Å². The number of quaternary nitrogens is 1. The Bertz CT molecular complexity index is 529. The largest absolute Gasteiger partial charge is 0.550 e. The minimum atomic E-state index is -1.17. The van der Waals surface area contributed by atoms with E-state index in [0.717, 1.165) is 19.3 Å². The van der Waals surface area contributed by atoms with E-state index < -0.39 is 12.1 Å². The quantitative estimate of drug-likeness (QED) is 0.0595. The fraction of sp³-hybridized carbons (Fsp3) is 0.938. The normalized spacial score (nSPS) is 12.5. The molecule has 5 nitrogen and oxygen atoms in total. The molecule has 5 heteroatoms. The Hall–Kier alpha value is -1.10. The second-order valence-electron chi connectivity index (χ2n) is 12.3. The maximum Gasteiger partial charge on any atom is 0.306 e. The molecule has 0 saturated heterocycles. The first-order valence-corrected chi connectivity index (χ1v) is 15.9. The molecule has 0 aliphatic heterocycles. The third-order valence-corrected chi connectivity index (χ3v) is 7.18. The van der Waals surface area contributed by atoms with E-state index in [-0.39, 0.29) is 12.4 Å². The summed E-state index contributed by atoms with van der Waals surface area (Å²) in [7, 11) is 5.86. The van der Waals surface area contributed by atoms with Gasteiger partial charge in [-0.2, -0.15) is 0 Å². The molecule has 0 aliphatic rings. The number of nitrogens with zero attached hydrogens (tertiary/aromatic N) is 1. The number of hydrogen-bond donors (Lipinski definition) is 0. The van der Waals surface area contributed by atoms with Crippen LogP contribution >= 0.6 is 0 Å². The molecule has 0 aromatic heterocycles. The molecule has 0 spiro atoms. The van der Waals surface area contributed by atoms with E-state index >= 15 is 0 Å². The van der Waals surface area contributed by atoms with Crippen molar-refractivity contribution in [2.24, 2.45) is 0 Å². The van der Waals surface area contributed by atoms with Crippen LogP contribution < -0.4 is 5.11 Å². The summed E-state index contributed by atoms with van der Waals surface area (Å²) >= 11 is 0. The van der Waals surface area contributed by atoms with Crippen LogP contribution in [0.25, 0.3) is 0 Å². The zero-order valence-corrected chi connectivity index (χ0v) is 25.3. The molecular formula is C32H63NO4. The molecule has 0 saturated carbocycles. The average Bonchev–Trinajstić information content (AvgIpc) is 2.80. The van der Waals surface area contributed by atoms with Crippen LogP contribution in [0.15, 0.2) is 0 Å². The van der Waals surface area contributed by atoms with Gasteiger partial charge in [0.1, 0.15) is 6.54 Å². The monoisotopic (exact) mass is 525 g/mol. The van der Waals surface area contributed by atoms with Crippen LogP contribution in [0.4, 0.5) is 0 Å². The summed E-state index contributed by atoms with van der Waals surface area (Å²) in [5, 5.41) is 10.9. The van der Waals surface area contributed by atoms with Crippen molar-refractivity contribution >= 4 is 11.9 Å². The predicted molar refractivity (Wildman–Crippen MR) is 154 cm³/mol. The first-order valence-electron chi connectivity index (χ1n) is 15.9. The first-order chi connectivity index (χ1) is 17.7. The van der Waals surface area contributed by atoms with Crippen LogP contribution in [0.2, 0.25) is 0 Å². The van der Waals surface area contributed by atoms with Crippen LogP contribution in [-0.2, 0) is 14.3 Å². The van der Waals surface area contributed by atoms with Crippen molar-refractivity contribution < 1.29 is 23.9 Å². The van der Waals surface area contributed by atoms with E-state index in [1.807, 2.05) is 21.1 Å². The van der Waals surface area contributed by atoms with Crippen molar-refractivity contribution in [1.82, 2.24) is 0 Å². The highest BCUT2D eigenvalue weighted by Gasteiger charge is 2.22. The summed E-state index contributed by atoms with van der Waals surface area (Å²) in [4.78, 5) is 23.0. The van der Waals surface area contributed by atoms with Gasteiger partial charge in [-0.1, -0.05) is 142 Å². The second kappa shape index (κ2) is 25.2. The number of esters is 1. The van der Waals surface area contributed by atoms with Crippen molar-refractivity contribution in [3.8, 4) is 0 Å². The second-order valence-corrected chi connectivity index (χ2v) is 12.3. The molecule has 220 valence electrons. The minimum Gasteiger partial charge on any atom is -0.550 e. The molecule has 0 heterocycles. The Labute approximate surface area is 230 Å². The van der Waals surface area contributed by atoms with Crippen molar-refractivity contribution in [2.75, 3.05) is 27.7 Å². The predicted octanol–water partition coefficient (Wildman–Crippen LogP) is 7.74. The summed E-state index contributed by atoms with van der Waals surface area (Å²) in [6.07, 6.45) is 29.1. The first kappa shape index (κ1) is 35.9. The van der Waals surface area contributed by atoms with Gasteiger partial charge in [-0.05, 0) is 6.42 Å². The van der Waals surface area contributed by atoms with E-state index in [0.29, 0.717) is 17.4 Å². The molecule has 1 atom stereocenters. The summed E-state index contributed by atoms with van der Waals surface area (Å²) < 4.78 is 5.96. The van der Waals surface area contributed by atoms with Crippen LogP contribution in [0.1, 0.15) is 161 Å². The fourth-order valence-electron chi connectivity index (χ4n) is 5.06. The standard InChI is InChI=1S/C32H63NO4/c1-5-6-7-8-9-10-11-12-13-14-15-16-17-18-19-20-21-22-23-24-25-26-27-32(36)37-30(28-31(34)35)29-33(2,3)4/h30H,5-29H2,1-4H3. The Morgan fingerprint density at radius 3 is 1.22 bits per heavy atom. The Kier molecular flexibility index (Phi) is 24.4. The molecule has 0 aromatic carbocycles. The smallest absolute Gasteiger partial charge is 0.306 e. The highest BCUT2D eigenvalue weighted by molar-refractivity contribution is 5.70. The Balaban J connectivity index is 3.39. The Morgan fingerprint density at radius 1 is 0.595 bits per heavy atom. The molecule has 0 aromatic rings. The van der Waals surface area contributed by atoms with Crippen molar-refractivity contribution in [3.05, 3.63) is 0 Å². The molecule has 0 amide bonds. The van der Waals surface area contributed by atoms with Gasteiger partial charge in [0.05, 0.1) is 21.1 Å². The maximum absolute atomic E-state index is 12.1. The van der Waals surface area contributed by atoms with Gasteiger partial charge in [0, 0.05) is 18.8 Å². The number of aliphatic carboxylic acids is 1. The number of ether oxygens (including phenoxy) is 1. The van der Waals surface area contributed by atoms with E-state index in [9.17, 15) is 14.7 Å². The topological polar surface area (TPSA) is 66.4 Å². The highest BCUT2D eigenvalue weighted by atomic mass is 16.5. The number of rotatable bonds is 28. The molecule has 37 heavy (non-hydrogen) atoms. The van der Waals surface area contributed by atoms with Crippen LogP contribution in [0.3, 0.4) is 0 Å². The van der Waals surface area contributed by atoms with Crippen molar-refractivity contribution in [2.45, 2.75) is 167 Å². The number of carboxylic acids is 1. The third-order valence-electron chi connectivity index (χ3n) is 7.18. The number of carboxylic acid groups (broad SMARTS) is 1. The van der Waals surface area contributed by atoms with Gasteiger partial charge in [0.25, 0.3) is 0 Å². The SMILES string of the molecule is CCCCCCCCCCCCCCCCCCCCCCCCC(=O)OC(CC(=O)[O-])C[N+](C)(C)C. The number of hydrogen-bond acceptors (Lipinski definition) is 4. The van der Waals surface area contributed by atoms with Crippen LogP contribution in [0.5, 0.6) is 0 Å². The summed E-state index contributed by atoms with van der Waals surface area (Å²) in [5.41, 5.74) is 0. The number of carbonyl (C=O) groups is 2. The molecular weight excluding hydrogens is 462 g/mol.